The maximum Gasteiger partial charge on any atom is 0.163 e. The molecule has 96 valence electrons. The molecule has 0 amide bonds. The van der Waals surface area contributed by atoms with Crippen molar-refractivity contribution in [2.45, 2.75) is 20.8 Å². The minimum absolute atomic E-state index is 0.0111. The van der Waals surface area contributed by atoms with Gasteiger partial charge in [0.2, 0.25) is 0 Å². The number of anilines is 1. The summed E-state index contributed by atoms with van der Waals surface area (Å²) in [7, 11) is 0. The topological polar surface area (TPSA) is 64.3 Å². The fourth-order valence-corrected chi connectivity index (χ4v) is 1.80. The number of hydrogen-bond acceptors (Lipinski definition) is 4. The molecule has 1 rings (SSSR count). The second-order valence-corrected chi connectivity index (χ2v) is 4.33. The van der Waals surface area contributed by atoms with Crippen LogP contribution in [0.25, 0.3) is 0 Å². The predicted molar refractivity (Wildman–Crippen MR) is 70.8 cm³/mol. The average Bonchev–Trinajstić information content (AvgIpc) is 2.34. The minimum Gasteiger partial charge on any atom is -0.507 e. The highest BCUT2D eigenvalue weighted by molar-refractivity contribution is 5.97. The molecular formula is C14H18N2O2. The van der Waals surface area contributed by atoms with Crippen LogP contribution in [0, 0.1) is 17.2 Å². The number of ketones is 1. The van der Waals surface area contributed by atoms with Gasteiger partial charge < -0.3 is 10.0 Å². The summed E-state index contributed by atoms with van der Waals surface area (Å²) in [5.41, 5.74) is 1.14. The molecule has 1 unspecified atom stereocenters. The van der Waals surface area contributed by atoms with Crippen molar-refractivity contribution in [3.8, 4) is 11.8 Å². The number of hydrogen-bond donors (Lipinski definition) is 1. The molecule has 0 heterocycles. The van der Waals surface area contributed by atoms with Crippen LogP contribution in [0.1, 0.15) is 31.1 Å². The second kappa shape index (κ2) is 6.06. The Bertz CT molecular complexity index is 477. The van der Waals surface area contributed by atoms with Gasteiger partial charge in [-0.15, -0.1) is 0 Å². The van der Waals surface area contributed by atoms with E-state index in [0.717, 1.165) is 12.2 Å². The van der Waals surface area contributed by atoms with E-state index in [-0.39, 0.29) is 17.5 Å². The molecule has 1 atom stereocenters. The largest absolute Gasteiger partial charge is 0.507 e. The number of carbonyl (C=O) groups excluding carboxylic acids is 1. The van der Waals surface area contributed by atoms with Crippen molar-refractivity contribution in [3.05, 3.63) is 23.8 Å². The third-order valence-corrected chi connectivity index (χ3v) is 2.82. The van der Waals surface area contributed by atoms with Gasteiger partial charge >= 0.3 is 0 Å². The fraction of sp³-hybridized carbons (Fsp3) is 0.429. The summed E-state index contributed by atoms with van der Waals surface area (Å²) in [5, 5.41) is 18.6. The first-order chi connectivity index (χ1) is 8.49. The summed E-state index contributed by atoms with van der Waals surface area (Å²) < 4.78 is 0. The number of carbonyl (C=O) groups is 1. The van der Waals surface area contributed by atoms with Gasteiger partial charge in [0, 0.05) is 24.8 Å². The Hall–Kier alpha value is -2.02. The van der Waals surface area contributed by atoms with Gasteiger partial charge in [0.15, 0.2) is 5.78 Å². The third kappa shape index (κ3) is 3.24. The number of benzene rings is 1. The van der Waals surface area contributed by atoms with Gasteiger partial charge in [-0.25, -0.2) is 0 Å². The zero-order valence-corrected chi connectivity index (χ0v) is 11.0. The maximum atomic E-state index is 11.2. The number of Topliss-reactive ketones (excluding diaryl/α,β-unsaturated/α-hetero) is 1. The van der Waals surface area contributed by atoms with Gasteiger partial charge in [0.05, 0.1) is 17.6 Å². The van der Waals surface area contributed by atoms with E-state index in [9.17, 15) is 9.90 Å². The molecular weight excluding hydrogens is 228 g/mol. The smallest absolute Gasteiger partial charge is 0.163 e. The van der Waals surface area contributed by atoms with Crippen LogP contribution in [0.2, 0.25) is 0 Å². The number of nitriles is 1. The molecule has 0 saturated carbocycles. The summed E-state index contributed by atoms with van der Waals surface area (Å²) in [6.07, 6.45) is 0. The van der Waals surface area contributed by atoms with Crippen molar-refractivity contribution in [2.24, 2.45) is 5.92 Å². The predicted octanol–water partition coefficient (Wildman–Crippen LogP) is 2.58. The number of rotatable bonds is 5. The van der Waals surface area contributed by atoms with Crippen LogP contribution in [0.15, 0.2) is 18.2 Å². The van der Waals surface area contributed by atoms with Gasteiger partial charge in [0.1, 0.15) is 5.75 Å². The molecule has 0 aromatic heterocycles. The lowest BCUT2D eigenvalue weighted by Crippen LogP contribution is -2.27. The number of nitrogens with zero attached hydrogens (tertiary/aromatic N) is 2. The van der Waals surface area contributed by atoms with Crippen molar-refractivity contribution in [1.29, 1.82) is 5.26 Å². The van der Waals surface area contributed by atoms with Gasteiger partial charge in [-0.2, -0.15) is 5.26 Å². The van der Waals surface area contributed by atoms with E-state index in [1.807, 2.05) is 18.7 Å². The average molecular weight is 246 g/mol. The van der Waals surface area contributed by atoms with Crippen LogP contribution in [0.4, 0.5) is 5.69 Å². The number of phenols is 1. The van der Waals surface area contributed by atoms with E-state index >= 15 is 0 Å². The summed E-state index contributed by atoms with van der Waals surface area (Å²) in [4.78, 5) is 13.2. The van der Waals surface area contributed by atoms with E-state index in [4.69, 9.17) is 5.26 Å². The monoisotopic (exact) mass is 246 g/mol. The Morgan fingerprint density at radius 2 is 2.22 bits per heavy atom. The molecule has 0 radical (unpaired) electrons. The Kier molecular flexibility index (Phi) is 4.73. The highest BCUT2D eigenvalue weighted by Gasteiger charge is 2.12. The quantitative estimate of drug-likeness (QED) is 0.811. The Balaban J connectivity index is 2.98. The van der Waals surface area contributed by atoms with Crippen molar-refractivity contribution in [1.82, 2.24) is 0 Å². The van der Waals surface area contributed by atoms with Gasteiger partial charge in [-0.1, -0.05) is 0 Å². The molecule has 1 N–H and O–H groups in total. The lowest BCUT2D eigenvalue weighted by atomic mass is 10.1. The molecule has 0 bridgehead atoms. The molecule has 0 aliphatic carbocycles. The maximum absolute atomic E-state index is 11.2. The molecule has 0 saturated heterocycles. The lowest BCUT2D eigenvalue weighted by Gasteiger charge is -2.24. The molecule has 0 fully saturated rings. The molecule has 0 aliphatic heterocycles. The van der Waals surface area contributed by atoms with E-state index in [2.05, 4.69) is 6.07 Å². The molecule has 18 heavy (non-hydrogen) atoms. The first-order valence-electron chi connectivity index (χ1n) is 5.98. The van der Waals surface area contributed by atoms with Crippen LogP contribution in [0.5, 0.6) is 5.75 Å². The Labute approximate surface area is 107 Å². The normalized spacial score (nSPS) is 11.7. The standard InChI is InChI=1S/C14H18N2O2/c1-4-16(9-10(2)8-15)12-5-6-13(11(3)17)14(18)7-12/h5-7,10,18H,4,9H2,1-3H3. The second-order valence-electron chi connectivity index (χ2n) is 4.33. The van der Waals surface area contributed by atoms with E-state index in [1.165, 1.54) is 6.92 Å². The third-order valence-electron chi connectivity index (χ3n) is 2.82. The Morgan fingerprint density at radius 3 is 2.67 bits per heavy atom. The molecule has 1 aromatic rings. The van der Waals surface area contributed by atoms with Crippen LogP contribution >= 0.6 is 0 Å². The summed E-state index contributed by atoms with van der Waals surface area (Å²) in [6, 6.07) is 7.17. The van der Waals surface area contributed by atoms with Crippen LogP contribution < -0.4 is 4.90 Å². The zero-order chi connectivity index (χ0) is 13.7. The minimum atomic E-state index is -0.160. The van der Waals surface area contributed by atoms with Crippen molar-refractivity contribution in [2.75, 3.05) is 18.0 Å². The van der Waals surface area contributed by atoms with Gasteiger partial charge in [-0.05, 0) is 32.9 Å². The molecule has 0 aliphatic rings. The van der Waals surface area contributed by atoms with E-state index in [0.29, 0.717) is 12.1 Å². The van der Waals surface area contributed by atoms with E-state index in [1.54, 1.807) is 18.2 Å². The van der Waals surface area contributed by atoms with Crippen LogP contribution in [0.3, 0.4) is 0 Å². The summed E-state index contributed by atoms with van der Waals surface area (Å²) in [5.74, 6) is -0.255. The lowest BCUT2D eigenvalue weighted by molar-refractivity contribution is 0.101. The highest BCUT2D eigenvalue weighted by Crippen LogP contribution is 2.25. The van der Waals surface area contributed by atoms with Gasteiger partial charge in [-0.3, -0.25) is 4.79 Å². The van der Waals surface area contributed by atoms with Gasteiger partial charge in [0.25, 0.3) is 0 Å². The summed E-state index contributed by atoms with van der Waals surface area (Å²) in [6.45, 7) is 6.60. The Morgan fingerprint density at radius 1 is 1.56 bits per heavy atom. The summed E-state index contributed by atoms with van der Waals surface area (Å²) >= 11 is 0. The molecule has 0 spiro atoms. The first kappa shape index (κ1) is 14.0. The van der Waals surface area contributed by atoms with Crippen molar-refractivity contribution in [3.63, 3.8) is 0 Å². The highest BCUT2D eigenvalue weighted by atomic mass is 16.3. The molecule has 4 nitrogen and oxygen atoms in total. The number of phenolic OH excluding ortho intramolecular Hbond substituents is 1. The molecule has 1 aromatic carbocycles. The number of aromatic hydroxyl groups is 1. The molecule has 4 heteroatoms. The van der Waals surface area contributed by atoms with Crippen LogP contribution in [-0.2, 0) is 0 Å². The zero-order valence-electron chi connectivity index (χ0n) is 11.0. The van der Waals surface area contributed by atoms with Crippen molar-refractivity contribution >= 4 is 11.5 Å². The van der Waals surface area contributed by atoms with Crippen molar-refractivity contribution < 1.29 is 9.90 Å². The van der Waals surface area contributed by atoms with Crippen LogP contribution in [-0.4, -0.2) is 24.0 Å². The first-order valence-corrected chi connectivity index (χ1v) is 5.98. The SMILES string of the molecule is CCN(CC(C)C#N)c1ccc(C(C)=O)c(O)c1. The van der Waals surface area contributed by atoms with E-state index < -0.39 is 0 Å². The fourth-order valence-electron chi connectivity index (χ4n) is 1.80.